The van der Waals surface area contributed by atoms with Crippen LogP contribution >= 0.6 is 0 Å². The van der Waals surface area contributed by atoms with Crippen LogP contribution in [0.3, 0.4) is 0 Å². The summed E-state index contributed by atoms with van der Waals surface area (Å²) in [5, 5.41) is 9.10. The lowest BCUT2D eigenvalue weighted by atomic mass is 10.0. The number of carbonyl (C=O) groups excluding carboxylic acids is 3. The molecular formula is C19H24N4O3. The highest BCUT2D eigenvalue weighted by Crippen LogP contribution is 2.20. The van der Waals surface area contributed by atoms with E-state index in [9.17, 15) is 14.4 Å². The van der Waals surface area contributed by atoms with E-state index in [1.54, 1.807) is 6.07 Å². The lowest BCUT2D eigenvalue weighted by molar-refractivity contribution is -0.137. The van der Waals surface area contributed by atoms with Gasteiger partial charge in [0, 0.05) is 37.3 Å². The van der Waals surface area contributed by atoms with E-state index >= 15 is 0 Å². The van der Waals surface area contributed by atoms with E-state index in [-0.39, 0.29) is 23.9 Å². The zero-order valence-electron chi connectivity index (χ0n) is 14.8. The van der Waals surface area contributed by atoms with Crippen LogP contribution in [0.15, 0.2) is 30.4 Å². The summed E-state index contributed by atoms with van der Waals surface area (Å²) in [6.45, 7) is 2.18. The molecule has 0 saturated carbocycles. The molecule has 2 amide bonds. The number of aldehydes is 1. The first-order valence-electron chi connectivity index (χ1n) is 8.83. The number of likely N-dealkylation sites (N-methyl/N-ethyl adjacent to an activating group) is 1. The molecule has 1 aromatic carbocycles. The number of carbonyl (C=O) groups is 3. The number of hydrogen-bond acceptors (Lipinski definition) is 6. The minimum Gasteiger partial charge on any atom is -0.378 e. The second kappa shape index (κ2) is 8.25. The first-order chi connectivity index (χ1) is 12.6. The predicted octanol–water partition coefficient (Wildman–Crippen LogP) is 0.676. The maximum atomic E-state index is 12.1. The highest BCUT2D eigenvalue weighted by Gasteiger charge is 2.30. The third-order valence-electron chi connectivity index (χ3n) is 4.78. The second-order valence-corrected chi connectivity index (χ2v) is 6.75. The molecule has 3 rings (SSSR count). The number of amides is 2. The summed E-state index contributed by atoms with van der Waals surface area (Å²) in [7, 11) is 1.84. The number of nitrogens with one attached hydrogen (secondary N) is 3. The molecule has 1 aromatic rings. The molecule has 0 radical (unpaired) electrons. The van der Waals surface area contributed by atoms with Gasteiger partial charge in [0.05, 0.1) is 12.1 Å². The van der Waals surface area contributed by atoms with E-state index in [4.69, 9.17) is 0 Å². The Morgan fingerprint density at radius 3 is 2.88 bits per heavy atom. The van der Waals surface area contributed by atoms with Crippen LogP contribution in [0.4, 0.5) is 5.69 Å². The first-order valence-corrected chi connectivity index (χ1v) is 8.83. The van der Waals surface area contributed by atoms with Gasteiger partial charge in [-0.2, -0.15) is 0 Å². The van der Waals surface area contributed by atoms with Crippen molar-refractivity contribution >= 4 is 23.8 Å². The Morgan fingerprint density at radius 1 is 1.35 bits per heavy atom. The Labute approximate surface area is 152 Å². The Morgan fingerprint density at radius 2 is 2.19 bits per heavy atom. The SMILES string of the molecule is CN(Cc1cc(NC2C=CCNC2)ccc1C=O)C1CCC(=O)NC1=O. The van der Waals surface area contributed by atoms with Gasteiger partial charge in [-0.3, -0.25) is 24.6 Å². The molecule has 2 unspecified atom stereocenters. The standard InChI is InChI=1S/C19H24N4O3/c1-23(17-6-7-18(25)22-19(17)26)11-14-9-15(5-4-13(14)12-24)21-16-3-2-8-20-10-16/h2-5,9,12,16-17,20-21H,6-8,10-11H2,1H3,(H,22,25,26). The molecule has 0 aromatic heterocycles. The van der Waals surface area contributed by atoms with E-state index in [1.807, 2.05) is 24.1 Å². The first kappa shape index (κ1) is 18.3. The quantitative estimate of drug-likeness (QED) is 0.394. The smallest absolute Gasteiger partial charge is 0.243 e. The second-order valence-electron chi connectivity index (χ2n) is 6.75. The summed E-state index contributed by atoms with van der Waals surface area (Å²) in [5.41, 5.74) is 2.39. The number of nitrogens with zero attached hydrogens (tertiary/aromatic N) is 1. The fourth-order valence-electron chi connectivity index (χ4n) is 3.36. The van der Waals surface area contributed by atoms with Crippen molar-refractivity contribution < 1.29 is 14.4 Å². The number of imide groups is 1. The topological polar surface area (TPSA) is 90.5 Å². The average Bonchev–Trinajstić information content (AvgIpc) is 2.62. The maximum absolute atomic E-state index is 12.1. The van der Waals surface area contributed by atoms with E-state index in [1.165, 1.54) is 0 Å². The van der Waals surface area contributed by atoms with Crippen molar-refractivity contribution in [3.63, 3.8) is 0 Å². The minimum atomic E-state index is -0.366. The lowest BCUT2D eigenvalue weighted by Gasteiger charge is -2.30. The van der Waals surface area contributed by atoms with Gasteiger partial charge in [-0.1, -0.05) is 12.2 Å². The number of rotatable bonds is 6. The predicted molar refractivity (Wildman–Crippen MR) is 98.9 cm³/mol. The number of piperidine rings is 1. The highest BCUT2D eigenvalue weighted by atomic mass is 16.2. The van der Waals surface area contributed by atoms with E-state index in [0.29, 0.717) is 24.9 Å². The van der Waals surface area contributed by atoms with E-state index < -0.39 is 0 Å². The molecule has 2 aliphatic rings. The monoisotopic (exact) mass is 356 g/mol. The van der Waals surface area contributed by atoms with Crippen molar-refractivity contribution in [1.29, 1.82) is 0 Å². The van der Waals surface area contributed by atoms with Gasteiger partial charge in [-0.25, -0.2) is 0 Å². The van der Waals surface area contributed by atoms with Crippen LogP contribution in [0.2, 0.25) is 0 Å². The molecule has 0 spiro atoms. The Kier molecular flexibility index (Phi) is 5.80. The molecule has 26 heavy (non-hydrogen) atoms. The van der Waals surface area contributed by atoms with Gasteiger partial charge in [0.1, 0.15) is 6.29 Å². The summed E-state index contributed by atoms with van der Waals surface area (Å²) in [5.74, 6) is -0.502. The molecule has 1 saturated heterocycles. The molecule has 2 heterocycles. The minimum absolute atomic E-state index is 0.201. The highest BCUT2D eigenvalue weighted by molar-refractivity contribution is 6.00. The van der Waals surface area contributed by atoms with E-state index in [0.717, 1.165) is 30.6 Å². The average molecular weight is 356 g/mol. The summed E-state index contributed by atoms with van der Waals surface area (Å²) < 4.78 is 0. The van der Waals surface area contributed by atoms with Crippen molar-refractivity contribution in [2.75, 3.05) is 25.5 Å². The van der Waals surface area contributed by atoms with Gasteiger partial charge >= 0.3 is 0 Å². The molecule has 138 valence electrons. The van der Waals surface area contributed by atoms with Crippen molar-refractivity contribution in [1.82, 2.24) is 15.5 Å². The zero-order chi connectivity index (χ0) is 18.5. The summed E-state index contributed by atoms with van der Waals surface area (Å²) in [6, 6.07) is 5.47. The summed E-state index contributed by atoms with van der Waals surface area (Å²) >= 11 is 0. The molecule has 1 fully saturated rings. The van der Waals surface area contributed by atoms with Gasteiger partial charge < -0.3 is 10.6 Å². The fourth-order valence-corrected chi connectivity index (χ4v) is 3.36. The Balaban J connectivity index is 1.72. The van der Waals surface area contributed by atoms with Crippen LogP contribution in [-0.2, 0) is 16.1 Å². The van der Waals surface area contributed by atoms with Gasteiger partial charge in [0.2, 0.25) is 11.8 Å². The molecular weight excluding hydrogens is 332 g/mol. The van der Waals surface area contributed by atoms with Gasteiger partial charge in [0.25, 0.3) is 0 Å². The van der Waals surface area contributed by atoms with Crippen LogP contribution in [0.1, 0.15) is 28.8 Å². The molecule has 0 bridgehead atoms. The van der Waals surface area contributed by atoms with Crippen molar-refractivity contribution in [3.05, 3.63) is 41.5 Å². The molecule has 3 N–H and O–H groups in total. The number of benzene rings is 1. The molecule has 2 aliphatic heterocycles. The van der Waals surface area contributed by atoms with Crippen LogP contribution in [-0.4, -0.2) is 55.2 Å². The summed E-state index contributed by atoms with van der Waals surface area (Å²) in [6.07, 6.45) is 5.87. The normalized spacial score (nSPS) is 23.0. The Bertz CT molecular complexity index is 731. The maximum Gasteiger partial charge on any atom is 0.243 e. The molecule has 7 nitrogen and oxygen atoms in total. The fraction of sp³-hybridized carbons (Fsp3) is 0.421. The number of anilines is 1. The van der Waals surface area contributed by atoms with Crippen molar-refractivity contribution in [2.24, 2.45) is 0 Å². The van der Waals surface area contributed by atoms with Crippen LogP contribution < -0.4 is 16.0 Å². The van der Waals surface area contributed by atoms with Crippen LogP contribution in [0.5, 0.6) is 0 Å². The number of hydrogen-bond donors (Lipinski definition) is 3. The van der Waals surface area contributed by atoms with Crippen LogP contribution in [0.25, 0.3) is 0 Å². The summed E-state index contributed by atoms with van der Waals surface area (Å²) in [4.78, 5) is 36.7. The van der Waals surface area contributed by atoms with Gasteiger partial charge in [-0.05, 0) is 37.2 Å². The lowest BCUT2D eigenvalue weighted by Crippen LogP contribution is -2.51. The zero-order valence-corrected chi connectivity index (χ0v) is 14.8. The Hall–Kier alpha value is -2.51. The largest absolute Gasteiger partial charge is 0.378 e. The van der Waals surface area contributed by atoms with Gasteiger partial charge in [0.15, 0.2) is 0 Å². The third kappa shape index (κ3) is 4.36. The molecule has 2 atom stereocenters. The van der Waals surface area contributed by atoms with Gasteiger partial charge in [-0.15, -0.1) is 0 Å². The third-order valence-corrected chi connectivity index (χ3v) is 4.78. The van der Waals surface area contributed by atoms with Crippen molar-refractivity contribution in [3.8, 4) is 0 Å². The van der Waals surface area contributed by atoms with Crippen LogP contribution in [0, 0.1) is 0 Å². The van der Waals surface area contributed by atoms with E-state index in [2.05, 4.69) is 28.1 Å². The van der Waals surface area contributed by atoms with Crippen molar-refractivity contribution in [2.45, 2.75) is 31.5 Å². The molecule has 7 heteroatoms. The molecule has 0 aliphatic carbocycles.